The minimum atomic E-state index is -0.232. The van der Waals surface area contributed by atoms with Gasteiger partial charge in [-0.25, -0.2) is 4.79 Å². The summed E-state index contributed by atoms with van der Waals surface area (Å²) < 4.78 is 0. The molecular formula is C16H17ClN2O2S. The van der Waals surface area contributed by atoms with Gasteiger partial charge < -0.3 is 15.7 Å². The van der Waals surface area contributed by atoms with Crippen LogP contribution >= 0.6 is 22.9 Å². The Bertz CT molecular complexity index is 656. The number of nitrogens with one attached hydrogen (secondary N) is 2. The second kappa shape index (κ2) is 6.58. The summed E-state index contributed by atoms with van der Waals surface area (Å²) in [5, 5.41) is 18.0. The van der Waals surface area contributed by atoms with Gasteiger partial charge in [-0.05, 0) is 36.3 Å². The first-order chi connectivity index (χ1) is 10.6. The maximum atomic E-state index is 12.1. The maximum Gasteiger partial charge on any atom is 0.315 e. The number of thiophene rings is 1. The summed E-state index contributed by atoms with van der Waals surface area (Å²) in [4.78, 5) is 13.3. The van der Waals surface area contributed by atoms with Crippen molar-refractivity contribution in [3.8, 4) is 5.75 Å². The highest BCUT2D eigenvalue weighted by molar-refractivity contribution is 7.10. The molecule has 1 unspecified atom stereocenters. The van der Waals surface area contributed by atoms with Gasteiger partial charge in [-0.2, -0.15) is 0 Å². The summed E-state index contributed by atoms with van der Waals surface area (Å²) in [7, 11) is 0. The Balaban J connectivity index is 1.59. The number of rotatable bonds is 5. The van der Waals surface area contributed by atoms with Crippen LogP contribution in [0.1, 0.15) is 29.3 Å². The molecule has 1 aromatic carbocycles. The number of para-hydroxylation sites is 1. The third-order valence-electron chi connectivity index (χ3n) is 3.74. The van der Waals surface area contributed by atoms with E-state index in [-0.39, 0.29) is 29.4 Å². The second-order valence-electron chi connectivity index (χ2n) is 5.41. The van der Waals surface area contributed by atoms with Crippen molar-refractivity contribution in [1.82, 2.24) is 10.6 Å². The number of phenolic OH excluding ortho intramolecular Hbond substituents is 1. The van der Waals surface area contributed by atoms with Crippen LogP contribution in [-0.2, 0) is 6.54 Å². The van der Waals surface area contributed by atoms with Gasteiger partial charge in [-0.3, -0.25) is 0 Å². The van der Waals surface area contributed by atoms with Crippen molar-refractivity contribution >= 4 is 29.0 Å². The molecule has 1 saturated carbocycles. The lowest BCUT2D eigenvalue weighted by Crippen LogP contribution is -2.38. The van der Waals surface area contributed by atoms with E-state index in [2.05, 4.69) is 16.7 Å². The number of hydrogen-bond donors (Lipinski definition) is 3. The number of carbonyl (C=O) groups is 1. The van der Waals surface area contributed by atoms with Gasteiger partial charge in [0.25, 0.3) is 0 Å². The van der Waals surface area contributed by atoms with Crippen LogP contribution < -0.4 is 10.6 Å². The topological polar surface area (TPSA) is 61.4 Å². The number of halogens is 1. The van der Waals surface area contributed by atoms with E-state index in [1.54, 1.807) is 29.5 Å². The number of hydrogen-bond acceptors (Lipinski definition) is 3. The van der Waals surface area contributed by atoms with Crippen molar-refractivity contribution in [2.75, 3.05) is 0 Å². The van der Waals surface area contributed by atoms with Crippen LogP contribution in [0.25, 0.3) is 0 Å². The summed E-state index contributed by atoms with van der Waals surface area (Å²) >= 11 is 7.51. The fourth-order valence-corrected chi connectivity index (χ4v) is 3.45. The monoisotopic (exact) mass is 336 g/mol. The van der Waals surface area contributed by atoms with Crippen molar-refractivity contribution in [2.24, 2.45) is 5.92 Å². The first-order valence-electron chi connectivity index (χ1n) is 7.19. The number of carbonyl (C=O) groups excluding carboxylic acids is 1. The predicted molar refractivity (Wildman–Crippen MR) is 88.3 cm³/mol. The zero-order valence-corrected chi connectivity index (χ0v) is 13.5. The van der Waals surface area contributed by atoms with E-state index < -0.39 is 0 Å². The maximum absolute atomic E-state index is 12.1. The van der Waals surface area contributed by atoms with Crippen molar-refractivity contribution in [3.05, 3.63) is 51.2 Å². The average Bonchev–Trinajstić information content (AvgIpc) is 3.20. The van der Waals surface area contributed by atoms with E-state index in [1.807, 2.05) is 11.4 Å². The molecular weight excluding hydrogens is 320 g/mol. The zero-order valence-electron chi connectivity index (χ0n) is 11.9. The molecule has 116 valence electrons. The second-order valence-corrected chi connectivity index (χ2v) is 6.79. The zero-order chi connectivity index (χ0) is 15.5. The Kier molecular flexibility index (Phi) is 4.55. The Morgan fingerprint density at radius 1 is 1.36 bits per heavy atom. The molecule has 3 N–H and O–H groups in total. The highest BCUT2D eigenvalue weighted by Crippen LogP contribution is 2.42. The van der Waals surface area contributed by atoms with Gasteiger partial charge in [0.15, 0.2) is 0 Å². The summed E-state index contributed by atoms with van der Waals surface area (Å²) in [6, 6.07) is 8.99. The standard InChI is InChI=1S/C16H17ClN2O2S/c17-12-4-1-3-11(15(12)20)9-18-16(21)19-14(10-6-7-10)13-5-2-8-22-13/h1-5,8,10,14,20H,6-7,9H2,(H2,18,19,21). The molecule has 2 amide bonds. The largest absolute Gasteiger partial charge is 0.506 e. The normalized spacial score (nSPS) is 15.3. The quantitative estimate of drug-likeness (QED) is 0.771. The molecule has 1 aliphatic rings. The van der Waals surface area contributed by atoms with Crippen molar-refractivity contribution in [3.63, 3.8) is 0 Å². The molecule has 0 radical (unpaired) electrons. The molecule has 0 spiro atoms. The van der Waals surface area contributed by atoms with Gasteiger partial charge in [0.1, 0.15) is 5.75 Å². The van der Waals surface area contributed by atoms with E-state index in [4.69, 9.17) is 11.6 Å². The van der Waals surface area contributed by atoms with E-state index in [0.717, 1.165) is 12.8 Å². The average molecular weight is 337 g/mol. The molecule has 0 aliphatic heterocycles. The third-order valence-corrected chi connectivity index (χ3v) is 5.00. The first-order valence-corrected chi connectivity index (χ1v) is 8.45. The van der Waals surface area contributed by atoms with Crippen molar-refractivity contribution in [2.45, 2.75) is 25.4 Å². The molecule has 0 saturated heterocycles. The van der Waals surface area contributed by atoms with Crippen LogP contribution in [0.4, 0.5) is 4.79 Å². The Hall–Kier alpha value is -1.72. The number of urea groups is 1. The van der Waals surface area contributed by atoms with Crippen LogP contribution in [0.3, 0.4) is 0 Å². The van der Waals surface area contributed by atoms with Gasteiger partial charge in [0.2, 0.25) is 0 Å². The molecule has 22 heavy (non-hydrogen) atoms. The lowest BCUT2D eigenvalue weighted by Gasteiger charge is -2.17. The predicted octanol–water partition coefficient (Wildman–Crippen LogP) is 4.06. The van der Waals surface area contributed by atoms with Crippen LogP contribution in [0, 0.1) is 5.92 Å². The SMILES string of the molecule is O=C(NCc1cccc(Cl)c1O)NC(c1cccs1)C1CC1. The number of aromatic hydroxyl groups is 1. The van der Waals surface area contributed by atoms with Gasteiger partial charge in [-0.15, -0.1) is 11.3 Å². The van der Waals surface area contributed by atoms with Crippen LogP contribution in [0.5, 0.6) is 5.75 Å². The third kappa shape index (κ3) is 3.54. The minimum absolute atomic E-state index is 0.0152. The van der Waals surface area contributed by atoms with Crippen LogP contribution in [-0.4, -0.2) is 11.1 Å². The Labute approximate surface area is 138 Å². The Morgan fingerprint density at radius 3 is 2.86 bits per heavy atom. The summed E-state index contributed by atoms with van der Waals surface area (Å²) in [6.45, 7) is 0.236. The molecule has 3 rings (SSSR count). The summed E-state index contributed by atoms with van der Waals surface area (Å²) in [6.07, 6.45) is 2.30. The van der Waals surface area contributed by atoms with E-state index >= 15 is 0 Å². The smallest absolute Gasteiger partial charge is 0.315 e. The number of phenols is 1. The highest BCUT2D eigenvalue weighted by atomic mass is 35.5. The van der Waals surface area contributed by atoms with E-state index in [0.29, 0.717) is 11.5 Å². The Morgan fingerprint density at radius 2 is 2.18 bits per heavy atom. The van der Waals surface area contributed by atoms with Crippen molar-refractivity contribution < 1.29 is 9.90 Å². The molecule has 1 atom stereocenters. The van der Waals surface area contributed by atoms with Gasteiger partial charge >= 0.3 is 6.03 Å². The molecule has 0 bridgehead atoms. The first kappa shape index (κ1) is 15.2. The molecule has 6 heteroatoms. The van der Waals surface area contributed by atoms with Gasteiger partial charge in [0, 0.05) is 17.0 Å². The fraction of sp³-hybridized carbons (Fsp3) is 0.312. The number of amides is 2. The van der Waals surface area contributed by atoms with Crippen LogP contribution in [0.2, 0.25) is 5.02 Å². The highest BCUT2D eigenvalue weighted by Gasteiger charge is 2.33. The van der Waals surface area contributed by atoms with E-state index in [9.17, 15) is 9.90 Å². The minimum Gasteiger partial charge on any atom is -0.506 e. The molecule has 1 aromatic heterocycles. The van der Waals surface area contributed by atoms with E-state index in [1.165, 1.54) is 4.88 Å². The van der Waals surface area contributed by atoms with Gasteiger partial charge in [-0.1, -0.05) is 29.8 Å². The fourth-order valence-electron chi connectivity index (χ4n) is 2.39. The summed E-state index contributed by atoms with van der Waals surface area (Å²) in [5.74, 6) is 0.547. The lowest BCUT2D eigenvalue weighted by atomic mass is 10.1. The van der Waals surface area contributed by atoms with Crippen molar-refractivity contribution in [1.29, 1.82) is 0 Å². The van der Waals surface area contributed by atoms with Gasteiger partial charge in [0.05, 0.1) is 11.1 Å². The lowest BCUT2D eigenvalue weighted by molar-refractivity contribution is 0.235. The number of benzene rings is 1. The molecule has 1 aliphatic carbocycles. The summed E-state index contributed by atoms with van der Waals surface area (Å²) in [5.41, 5.74) is 0.599. The molecule has 2 aromatic rings. The molecule has 1 heterocycles. The molecule has 4 nitrogen and oxygen atoms in total. The van der Waals surface area contributed by atoms with Crippen LogP contribution in [0.15, 0.2) is 35.7 Å². The molecule has 1 fully saturated rings.